The van der Waals surface area contributed by atoms with Crippen LogP contribution < -0.4 is 10.6 Å². The Morgan fingerprint density at radius 3 is 2.72 bits per heavy atom. The van der Waals surface area contributed by atoms with E-state index in [1.165, 1.54) is 11.3 Å². The Morgan fingerprint density at radius 2 is 2.07 bits per heavy atom. The molecular weight excluding hydrogens is 384 g/mol. The highest BCUT2D eigenvalue weighted by molar-refractivity contribution is 7.10. The molecule has 0 spiro atoms. The van der Waals surface area contributed by atoms with E-state index in [1.807, 2.05) is 18.4 Å². The van der Waals surface area contributed by atoms with Crippen molar-refractivity contribution < 1.29 is 9.47 Å². The van der Waals surface area contributed by atoms with Gasteiger partial charge in [-0.3, -0.25) is 9.89 Å². The zero-order chi connectivity index (χ0) is 20.7. The lowest BCUT2D eigenvalue weighted by atomic mass is 9.78. The van der Waals surface area contributed by atoms with Gasteiger partial charge in [0, 0.05) is 50.6 Å². The Balaban J connectivity index is 1.55. The highest BCUT2D eigenvalue weighted by Gasteiger charge is 2.35. The second-order valence-electron chi connectivity index (χ2n) is 9.07. The summed E-state index contributed by atoms with van der Waals surface area (Å²) < 4.78 is 11.7. The molecule has 0 radical (unpaired) electrons. The maximum atomic E-state index is 6.13. The van der Waals surface area contributed by atoms with Crippen molar-refractivity contribution in [3.05, 3.63) is 22.4 Å². The Bertz CT molecular complexity index is 623. The Morgan fingerprint density at radius 1 is 1.28 bits per heavy atom. The van der Waals surface area contributed by atoms with Crippen LogP contribution in [0.25, 0.3) is 0 Å². The van der Waals surface area contributed by atoms with Gasteiger partial charge in [0.15, 0.2) is 5.96 Å². The lowest BCUT2D eigenvalue weighted by molar-refractivity contribution is -0.0835. The number of morpholine rings is 1. The lowest BCUT2D eigenvalue weighted by Gasteiger charge is -2.40. The number of thiophene rings is 1. The smallest absolute Gasteiger partial charge is 0.191 e. The maximum absolute atomic E-state index is 6.13. The van der Waals surface area contributed by atoms with Gasteiger partial charge < -0.3 is 20.1 Å². The summed E-state index contributed by atoms with van der Waals surface area (Å²) in [5, 5.41) is 9.29. The summed E-state index contributed by atoms with van der Waals surface area (Å²) in [6.45, 7) is 13.0. The van der Waals surface area contributed by atoms with E-state index in [-0.39, 0.29) is 11.5 Å². The minimum atomic E-state index is 0.157. The third-order valence-corrected chi connectivity index (χ3v) is 6.85. The molecule has 3 rings (SSSR count). The summed E-state index contributed by atoms with van der Waals surface area (Å²) in [4.78, 5) is 8.38. The molecule has 3 atom stereocenters. The molecule has 0 saturated carbocycles. The lowest BCUT2D eigenvalue weighted by Crippen LogP contribution is -2.49. The molecule has 2 fully saturated rings. The maximum Gasteiger partial charge on any atom is 0.191 e. The van der Waals surface area contributed by atoms with Crippen LogP contribution in [0.4, 0.5) is 0 Å². The molecule has 0 amide bonds. The molecule has 7 heteroatoms. The molecule has 6 nitrogen and oxygen atoms in total. The van der Waals surface area contributed by atoms with Gasteiger partial charge in [0.2, 0.25) is 0 Å². The number of hydrogen-bond acceptors (Lipinski definition) is 5. The van der Waals surface area contributed by atoms with Gasteiger partial charge in [0.25, 0.3) is 0 Å². The van der Waals surface area contributed by atoms with E-state index < -0.39 is 0 Å². The molecule has 0 aromatic carbocycles. The number of hydrogen-bond donors (Lipinski definition) is 2. The molecule has 3 unspecified atom stereocenters. The van der Waals surface area contributed by atoms with E-state index >= 15 is 0 Å². The molecule has 164 valence electrons. The third kappa shape index (κ3) is 6.41. The number of ether oxygens (including phenoxy) is 2. The molecule has 1 aromatic heterocycles. The fraction of sp³-hybridized carbons (Fsp3) is 0.773. The Labute approximate surface area is 180 Å². The highest BCUT2D eigenvalue weighted by Crippen LogP contribution is 2.33. The van der Waals surface area contributed by atoms with E-state index in [4.69, 9.17) is 9.47 Å². The summed E-state index contributed by atoms with van der Waals surface area (Å²) in [6, 6.07) is 4.71. The zero-order valence-corrected chi connectivity index (χ0v) is 19.3. The van der Waals surface area contributed by atoms with Gasteiger partial charge in [0.1, 0.15) is 0 Å². The van der Waals surface area contributed by atoms with E-state index in [1.54, 1.807) is 0 Å². The first-order valence-electron chi connectivity index (χ1n) is 10.9. The van der Waals surface area contributed by atoms with Crippen LogP contribution >= 0.6 is 11.3 Å². The molecule has 0 bridgehead atoms. The topological polar surface area (TPSA) is 58.1 Å². The number of nitrogens with one attached hydrogen (secondary N) is 2. The van der Waals surface area contributed by atoms with E-state index in [9.17, 15) is 0 Å². The molecule has 1 aromatic rings. The Hall–Kier alpha value is -1.15. The molecule has 2 aliphatic rings. The number of guanidine groups is 1. The molecule has 0 aliphatic carbocycles. The van der Waals surface area contributed by atoms with Crippen LogP contribution in [0, 0.1) is 11.3 Å². The Kier molecular flexibility index (Phi) is 8.35. The van der Waals surface area contributed by atoms with E-state index in [0.29, 0.717) is 12.0 Å². The van der Waals surface area contributed by atoms with E-state index in [2.05, 4.69) is 58.8 Å². The molecule has 29 heavy (non-hydrogen) atoms. The van der Waals surface area contributed by atoms with Crippen molar-refractivity contribution in [1.82, 2.24) is 15.5 Å². The molecule has 2 saturated heterocycles. The van der Waals surface area contributed by atoms with Crippen LogP contribution in [0.1, 0.15) is 44.5 Å². The molecule has 3 heterocycles. The van der Waals surface area contributed by atoms with Gasteiger partial charge in [-0.1, -0.05) is 26.8 Å². The standard InChI is InChI=1S/C22H38N4O2S/c1-22(2,3)20-17(7-5-11-28-20)15-24-21(23-4)25-16-18(19-8-6-14-29-19)26-9-12-27-13-10-26/h6,8,14,17-18,20H,5,7,9-13,15-16H2,1-4H3,(H2,23,24,25). The minimum Gasteiger partial charge on any atom is -0.379 e. The average Bonchev–Trinajstić information content (AvgIpc) is 3.25. The van der Waals surface area contributed by atoms with Crippen LogP contribution in [0.2, 0.25) is 0 Å². The first-order chi connectivity index (χ1) is 14.0. The van der Waals surface area contributed by atoms with Crippen molar-refractivity contribution in [2.24, 2.45) is 16.3 Å². The number of aliphatic imine (C=N–C) groups is 1. The largest absolute Gasteiger partial charge is 0.379 e. The van der Waals surface area contributed by atoms with Gasteiger partial charge >= 0.3 is 0 Å². The summed E-state index contributed by atoms with van der Waals surface area (Å²) in [5.74, 6) is 1.38. The van der Waals surface area contributed by atoms with Crippen LogP contribution in [-0.4, -0.2) is 70.0 Å². The summed E-state index contributed by atoms with van der Waals surface area (Å²) in [6.07, 6.45) is 2.63. The van der Waals surface area contributed by atoms with Gasteiger partial charge in [0.05, 0.1) is 25.4 Å². The van der Waals surface area contributed by atoms with E-state index in [0.717, 1.165) is 58.4 Å². The van der Waals surface area contributed by atoms with Crippen LogP contribution in [0.3, 0.4) is 0 Å². The summed E-state index contributed by atoms with van der Waals surface area (Å²) in [5.41, 5.74) is 0.157. The van der Waals surface area contributed by atoms with Gasteiger partial charge in [-0.05, 0) is 29.7 Å². The van der Waals surface area contributed by atoms with Crippen molar-refractivity contribution in [3.8, 4) is 0 Å². The SMILES string of the molecule is CN=C(NCC1CCCOC1C(C)(C)C)NCC(c1cccs1)N1CCOCC1. The molecular formula is C22H38N4O2S. The van der Waals surface area contributed by atoms with Crippen molar-refractivity contribution in [1.29, 1.82) is 0 Å². The van der Waals surface area contributed by atoms with Crippen molar-refractivity contribution in [2.45, 2.75) is 45.8 Å². The van der Waals surface area contributed by atoms with Crippen molar-refractivity contribution in [3.63, 3.8) is 0 Å². The van der Waals surface area contributed by atoms with Crippen molar-refractivity contribution in [2.75, 3.05) is 53.0 Å². The van der Waals surface area contributed by atoms with Gasteiger partial charge in [-0.15, -0.1) is 11.3 Å². The van der Waals surface area contributed by atoms with Crippen LogP contribution in [0.5, 0.6) is 0 Å². The zero-order valence-electron chi connectivity index (χ0n) is 18.4. The summed E-state index contributed by atoms with van der Waals surface area (Å²) >= 11 is 1.82. The van der Waals surface area contributed by atoms with Gasteiger partial charge in [-0.2, -0.15) is 0 Å². The van der Waals surface area contributed by atoms with Gasteiger partial charge in [-0.25, -0.2) is 0 Å². The second-order valence-corrected chi connectivity index (χ2v) is 10.1. The van der Waals surface area contributed by atoms with Crippen LogP contribution in [-0.2, 0) is 9.47 Å². The first-order valence-corrected chi connectivity index (χ1v) is 11.8. The fourth-order valence-electron chi connectivity index (χ4n) is 4.43. The third-order valence-electron chi connectivity index (χ3n) is 5.87. The van der Waals surface area contributed by atoms with Crippen LogP contribution in [0.15, 0.2) is 22.5 Å². The molecule has 2 aliphatic heterocycles. The highest BCUT2D eigenvalue weighted by atomic mass is 32.1. The number of nitrogens with zero attached hydrogens (tertiary/aromatic N) is 2. The normalized spacial score (nSPS) is 25.6. The first kappa shape index (κ1) is 22.5. The summed E-state index contributed by atoms with van der Waals surface area (Å²) in [7, 11) is 1.85. The predicted octanol–water partition coefficient (Wildman–Crippen LogP) is 3.13. The molecule has 2 N–H and O–H groups in total. The average molecular weight is 423 g/mol. The fourth-order valence-corrected chi connectivity index (χ4v) is 5.29. The monoisotopic (exact) mass is 422 g/mol. The van der Waals surface area contributed by atoms with Crippen molar-refractivity contribution >= 4 is 17.3 Å². The second kappa shape index (κ2) is 10.8. The minimum absolute atomic E-state index is 0.157. The number of rotatable bonds is 6. The predicted molar refractivity (Wildman–Crippen MR) is 121 cm³/mol. The quantitative estimate of drug-likeness (QED) is 0.545.